The van der Waals surface area contributed by atoms with E-state index in [1.54, 1.807) is 11.1 Å². The zero-order valence-corrected chi connectivity index (χ0v) is 9.02. The molecule has 4 N–H and O–H groups in total. The second-order valence-corrected chi connectivity index (χ2v) is 4.20. The lowest BCUT2D eigenvalue weighted by Crippen LogP contribution is -2.23. The van der Waals surface area contributed by atoms with Crippen LogP contribution in [0.3, 0.4) is 0 Å². The van der Waals surface area contributed by atoms with Crippen molar-refractivity contribution in [3.63, 3.8) is 0 Å². The molecule has 1 saturated heterocycles. The molecule has 86 valence electrons. The highest BCUT2D eigenvalue weighted by Crippen LogP contribution is 2.38. The molecule has 1 amide bonds. The van der Waals surface area contributed by atoms with E-state index in [0.29, 0.717) is 0 Å². The van der Waals surface area contributed by atoms with E-state index in [4.69, 9.17) is 9.90 Å². The van der Waals surface area contributed by atoms with Gasteiger partial charge in [0, 0.05) is 12.0 Å². The van der Waals surface area contributed by atoms with E-state index in [9.17, 15) is 0 Å². The van der Waals surface area contributed by atoms with E-state index in [2.05, 4.69) is 35.3 Å². The predicted molar refractivity (Wildman–Crippen MR) is 61.5 cm³/mol. The largest absolute Gasteiger partial charge is 0.465 e. The smallest absolute Gasteiger partial charge is 0.402 e. The summed E-state index contributed by atoms with van der Waals surface area (Å²) in [7, 11) is 0. The first kappa shape index (κ1) is 11.0. The van der Waals surface area contributed by atoms with Gasteiger partial charge >= 0.3 is 6.09 Å². The number of benzene rings is 1. The van der Waals surface area contributed by atoms with Crippen LogP contribution in [0.2, 0.25) is 0 Å². The molecule has 0 saturated carbocycles. The van der Waals surface area contributed by atoms with E-state index < -0.39 is 6.09 Å². The number of rotatable bonds is 0. The second kappa shape index (κ2) is 4.53. The van der Waals surface area contributed by atoms with Crippen molar-refractivity contribution in [1.29, 1.82) is 0 Å². The van der Waals surface area contributed by atoms with Gasteiger partial charge in [-0.25, -0.2) is 4.79 Å². The maximum Gasteiger partial charge on any atom is 0.402 e. The van der Waals surface area contributed by atoms with Crippen LogP contribution < -0.4 is 11.1 Å². The van der Waals surface area contributed by atoms with Gasteiger partial charge in [0.25, 0.3) is 0 Å². The summed E-state index contributed by atoms with van der Waals surface area (Å²) in [6, 6.07) is 9.64. The van der Waals surface area contributed by atoms with E-state index in [0.717, 1.165) is 12.0 Å². The minimum Gasteiger partial charge on any atom is -0.465 e. The number of hydrogen-bond acceptors (Lipinski definition) is 2. The Kier molecular flexibility index (Phi) is 3.10. The van der Waals surface area contributed by atoms with E-state index in [-0.39, 0.29) is 0 Å². The summed E-state index contributed by atoms with van der Waals surface area (Å²) in [5.41, 5.74) is 7.20. The Balaban J connectivity index is 0.000000212. The van der Waals surface area contributed by atoms with Gasteiger partial charge in [0.1, 0.15) is 0 Å². The molecule has 2 atom stereocenters. The number of nitrogens with one attached hydrogen (secondary N) is 1. The molecule has 1 aliphatic heterocycles. The maximum atomic E-state index is 8.78. The fourth-order valence-electron chi connectivity index (χ4n) is 2.67. The Morgan fingerprint density at radius 2 is 2.12 bits per heavy atom. The van der Waals surface area contributed by atoms with Crippen molar-refractivity contribution < 1.29 is 9.90 Å². The minimum atomic E-state index is -1.33. The highest BCUT2D eigenvalue weighted by Gasteiger charge is 2.34. The van der Waals surface area contributed by atoms with E-state index >= 15 is 0 Å². The summed E-state index contributed by atoms with van der Waals surface area (Å²) in [6.07, 6.45) is 1.25. The van der Waals surface area contributed by atoms with Gasteiger partial charge in [-0.15, -0.1) is 0 Å². The maximum absolute atomic E-state index is 8.78. The summed E-state index contributed by atoms with van der Waals surface area (Å²) in [4.78, 5) is 8.78. The van der Waals surface area contributed by atoms with Crippen LogP contribution in [0.25, 0.3) is 0 Å². The van der Waals surface area contributed by atoms with Crippen LogP contribution in [-0.2, 0) is 6.42 Å². The molecular formula is C12H16N2O2. The lowest BCUT2D eigenvalue weighted by atomic mass is 9.99. The van der Waals surface area contributed by atoms with Crippen molar-refractivity contribution in [3.05, 3.63) is 35.4 Å². The third-order valence-corrected chi connectivity index (χ3v) is 3.24. The topological polar surface area (TPSA) is 75.4 Å². The zero-order chi connectivity index (χ0) is 11.5. The van der Waals surface area contributed by atoms with Gasteiger partial charge in [0.05, 0.1) is 0 Å². The highest BCUT2D eigenvalue weighted by molar-refractivity contribution is 5.61. The van der Waals surface area contributed by atoms with E-state index in [1.807, 2.05) is 0 Å². The Hall–Kier alpha value is -1.55. The van der Waals surface area contributed by atoms with Gasteiger partial charge in [0.15, 0.2) is 0 Å². The summed E-state index contributed by atoms with van der Waals surface area (Å²) in [5.74, 6) is 0.821. The Bertz CT molecular complexity index is 388. The molecule has 0 aromatic heterocycles. The van der Waals surface area contributed by atoms with Crippen molar-refractivity contribution >= 4 is 6.09 Å². The molecule has 16 heavy (non-hydrogen) atoms. The quantitative estimate of drug-likeness (QED) is 0.617. The number of primary amides is 1. The van der Waals surface area contributed by atoms with Crippen molar-refractivity contribution in [3.8, 4) is 0 Å². The summed E-state index contributed by atoms with van der Waals surface area (Å²) in [6.45, 7) is 1.21. The number of carboxylic acid groups (broad SMARTS) is 1. The molecule has 1 aromatic carbocycles. The SMILES string of the molecule is NC(=O)O.c1ccc2c(c1)CC1NCCC21. The van der Waals surface area contributed by atoms with Crippen LogP contribution in [0.15, 0.2) is 24.3 Å². The van der Waals surface area contributed by atoms with E-state index in [1.165, 1.54) is 19.4 Å². The average Bonchev–Trinajstić information content (AvgIpc) is 2.75. The van der Waals surface area contributed by atoms with Crippen molar-refractivity contribution in [2.45, 2.75) is 24.8 Å². The van der Waals surface area contributed by atoms with Gasteiger partial charge in [-0.3, -0.25) is 0 Å². The van der Waals surface area contributed by atoms with Crippen LogP contribution in [0.5, 0.6) is 0 Å². The zero-order valence-electron chi connectivity index (χ0n) is 9.02. The molecule has 3 rings (SSSR count). The summed E-state index contributed by atoms with van der Waals surface area (Å²) < 4.78 is 0. The summed E-state index contributed by atoms with van der Waals surface area (Å²) >= 11 is 0. The Morgan fingerprint density at radius 3 is 2.88 bits per heavy atom. The minimum absolute atomic E-state index is 0.752. The molecule has 1 aliphatic carbocycles. The van der Waals surface area contributed by atoms with Gasteiger partial charge in [-0.1, -0.05) is 24.3 Å². The van der Waals surface area contributed by atoms with Crippen LogP contribution in [0.1, 0.15) is 23.5 Å². The third kappa shape index (κ3) is 2.17. The summed E-state index contributed by atoms with van der Waals surface area (Å²) in [5, 5.41) is 10.8. The number of fused-ring (bicyclic) bond motifs is 3. The first-order chi connectivity index (χ1) is 7.68. The number of carbonyl (C=O) groups is 1. The van der Waals surface area contributed by atoms with Crippen molar-refractivity contribution in [2.75, 3.05) is 6.54 Å². The number of nitrogens with two attached hydrogens (primary N) is 1. The predicted octanol–water partition coefficient (Wildman–Crippen LogP) is 1.31. The van der Waals surface area contributed by atoms with Crippen molar-refractivity contribution in [1.82, 2.24) is 5.32 Å². The normalized spacial score (nSPS) is 25.2. The fourth-order valence-corrected chi connectivity index (χ4v) is 2.67. The van der Waals surface area contributed by atoms with Gasteiger partial charge in [-0.2, -0.15) is 0 Å². The van der Waals surface area contributed by atoms with Crippen LogP contribution >= 0.6 is 0 Å². The van der Waals surface area contributed by atoms with Gasteiger partial charge < -0.3 is 16.2 Å². The third-order valence-electron chi connectivity index (χ3n) is 3.24. The molecule has 0 radical (unpaired) electrons. The molecule has 2 unspecified atom stereocenters. The first-order valence-electron chi connectivity index (χ1n) is 5.48. The molecule has 1 fully saturated rings. The second-order valence-electron chi connectivity index (χ2n) is 4.20. The van der Waals surface area contributed by atoms with Gasteiger partial charge in [0.2, 0.25) is 0 Å². The highest BCUT2D eigenvalue weighted by atomic mass is 16.4. The van der Waals surface area contributed by atoms with Crippen molar-refractivity contribution in [2.24, 2.45) is 5.73 Å². The average molecular weight is 220 g/mol. The Labute approximate surface area is 94.5 Å². The Morgan fingerprint density at radius 1 is 1.44 bits per heavy atom. The van der Waals surface area contributed by atoms with Crippen LogP contribution in [0, 0.1) is 0 Å². The molecule has 4 heteroatoms. The molecule has 4 nitrogen and oxygen atoms in total. The fraction of sp³-hybridized carbons (Fsp3) is 0.417. The first-order valence-corrected chi connectivity index (χ1v) is 5.48. The molecule has 2 aliphatic rings. The molecule has 0 bridgehead atoms. The number of amides is 1. The molecule has 0 spiro atoms. The number of hydrogen-bond donors (Lipinski definition) is 3. The molecular weight excluding hydrogens is 204 g/mol. The molecule has 1 heterocycles. The van der Waals surface area contributed by atoms with Crippen LogP contribution in [-0.4, -0.2) is 23.8 Å². The van der Waals surface area contributed by atoms with Crippen LogP contribution in [0.4, 0.5) is 4.79 Å². The standard InChI is InChI=1S/C11H13N.CH3NO2/c1-2-4-9-8(3-1)7-11-10(9)5-6-12-11;2-1(3)4/h1-4,10-12H,5-7H2;2H2,(H,3,4). The monoisotopic (exact) mass is 220 g/mol. The lowest BCUT2D eigenvalue weighted by molar-refractivity contribution is 0.205. The molecule has 1 aromatic rings. The lowest BCUT2D eigenvalue weighted by Gasteiger charge is -2.07. The van der Waals surface area contributed by atoms with Gasteiger partial charge in [-0.05, 0) is 30.5 Å².